The summed E-state index contributed by atoms with van der Waals surface area (Å²) < 4.78 is 5.14. The van der Waals surface area contributed by atoms with E-state index < -0.39 is 11.8 Å². The summed E-state index contributed by atoms with van der Waals surface area (Å²) in [5, 5.41) is 2.26. The summed E-state index contributed by atoms with van der Waals surface area (Å²) in [7, 11) is 0. The molecule has 0 saturated carbocycles. The van der Waals surface area contributed by atoms with Gasteiger partial charge in [-0.2, -0.15) is 0 Å². The number of nitrogens with one attached hydrogen (secondary N) is 1. The van der Waals surface area contributed by atoms with Crippen LogP contribution in [-0.2, 0) is 9.53 Å². The molecule has 3 N–H and O–H groups in total. The number of carbonyl (C=O) groups is 2. The van der Waals surface area contributed by atoms with E-state index in [1.54, 1.807) is 6.92 Å². The van der Waals surface area contributed by atoms with Crippen LogP contribution in [0.2, 0.25) is 0 Å². The molecule has 5 heteroatoms. The van der Waals surface area contributed by atoms with Gasteiger partial charge in [0, 0.05) is 12.8 Å². The smallest absolute Gasteiger partial charge is 0.415 e. The van der Waals surface area contributed by atoms with E-state index in [1.807, 2.05) is 13.8 Å². The van der Waals surface area contributed by atoms with E-state index in [1.165, 1.54) is 6.42 Å². The lowest BCUT2D eigenvalue weighted by atomic mass is 10.0. The summed E-state index contributed by atoms with van der Waals surface area (Å²) in [6.07, 6.45) is 22.8. The molecule has 0 aromatic carbocycles. The molecule has 172 valence electrons. The van der Waals surface area contributed by atoms with E-state index in [2.05, 4.69) is 48.7 Å². The van der Waals surface area contributed by atoms with E-state index in [0.29, 0.717) is 18.8 Å². The predicted molar refractivity (Wildman–Crippen MR) is 126 cm³/mol. The van der Waals surface area contributed by atoms with Crippen LogP contribution in [0.25, 0.3) is 0 Å². The minimum atomic E-state index is -1.06. The Morgan fingerprint density at radius 2 is 1.50 bits per heavy atom. The first-order valence-electron chi connectivity index (χ1n) is 11.5. The van der Waals surface area contributed by atoms with Crippen LogP contribution >= 0.6 is 0 Å². The normalized spacial score (nSPS) is 14.1. The molecule has 0 radical (unpaired) electrons. The van der Waals surface area contributed by atoms with Crippen molar-refractivity contribution in [1.82, 2.24) is 5.32 Å². The summed E-state index contributed by atoms with van der Waals surface area (Å²) in [5.74, 6) is -0.00432. The van der Waals surface area contributed by atoms with E-state index in [-0.39, 0.29) is 5.91 Å². The standard InChI is InChI=1S/C25H44N2O3/c1-5-6-7-8-9-10-11-12-13-14-15-16-17-18-19-20-23(28)27-24(29)30-25(4,26)21-22(2)3/h6-7,9-10,12-13,22H,5,8,11,14-21,26H2,1-4H3,(H,27,28,29)/b7-6-,10-9-,13-12-. The zero-order valence-corrected chi connectivity index (χ0v) is 19.6. The van der Waals surface area contributed by atoms with Gasteiger partial charge in [-0.15, -0.1) is 0 Å². The van der Waals surface area contributed by atoms with Gasteiger partial charge in [-0.05, 0) is 51.4 Å². The molecule has 30 heavy (non-hydrogen) atoms. The molecule has 0 fully saturated rings. The Balaban J connectivity index is 3.63. The molecular weight excluding hydrogens is 376 g/mol. The van der Waals surface area contributed by atoms with Gasteiger partial charge in [-0.1, -0.05) is 76.5 Å². The highest BCUT2D eigenvalue weighted by molar-refractivity contribution is 5.91. The molecule has 1 atom stereocenters. The lowest BCUT2D eigenvalue weighted by molar-refractivity contribution is -0.121. The number of rotatable bonds is 16. The first-order chi connectivity index (χ1) is 14.3. The molecule has 0 aliphatic rings. The van der Waals surface area contributed by atoms with Crippen molar-refractivity contribution in [3.8, 4) is 0 Å². The van der Waals surface area contributed by atoms with Crippen molar-refractivity contribution in [1.29, 1.82) is 0 Å². The number of nitrogens with two attached hydrogens (primary N) is 1. The first kappa shape index (κ1) is 28.1. The van der Waals surface area contributed by atoms with Gasteiger partial charge in [0.05, 0.1) is 0 Å². The van der Waals surface area contributed by atoms with Gasteiger partial charge in [0.25, 0.3) is 0 Å². The minimum Gasteiger partial charge on any atom is -0.428 e. The van der Waals surface area contributed by atoms with Gasteiger partial charge >= 0.3 is 6.09 Å². The minimum absolute atomic E-state index is 0.300. The number of hydrogen-bond donors (Lipinski definition) is 2. The molecule has 0 aliphatic carbocycles. The number of ether oxygens (including phenoxy) is 1. The molecular formula is C25H44N2O3. The summed E-state index contributed by atoms with van der Waals surface area (Å²) in [6, 6.07) is 0. The van der Waals surface area contributed by atoms with Crippen LogP contribution in [0, 0.1) is 5.92 Å². The van der Waals surface area contributed by atoms with Crippen molar-refractivity contribution in [2.24, 2.45) is 11.7 Å². The molecule has 0 rings (SSSR count). The Morgan fingerprint density at radius 3 is 2.13 bits per heavy atom. The van der Waals surface area contributed by atoms with Crippen LogP contribution in [0.15, 0.2) is 36.5 Å². The Labute approximate surface area is 184 Å². The van der Waals surface area contributed by atoms with Crippen molar-refractivity contribution in [3.63, 3.8) is 0 Å². The van der Waals surface area contributed by atoms with Gasteiger partial charge < -0.3 is 4.74 Å². The van der Waals surface area contributed by atoms with E-state index in [4.69, 9.17) is 10.5 Å². The van der Waals surface area contributed by atoms with Crippen LogP contribution in [0.3, 0.4) is 0 Å². The number of unbranched alkanes of at least 4 members (excludes halogenated alkanes) is 5. The van der Waals surface area contributed by atoms with E-state index >= 15 is 0 Å². The third-order valence-corrected chi connectivity index (χ3v) is 4.44. The quantitative estimate of drug-likeness (QED) is 0.168. The number of alkyl carbamates (subject to hydrolysis) is 1. The third-order valence-electron chi connectivity index (χ3n) is 4.44. The molecule has 0 heterocycles. The maximum absolute atomic E-state index is 11.8. The van der Waals surface area contributed by atoms with Gasteiger partial charge in [-0.3, -0.25) is 15.8 Å². The lowest BCUT2D eigenvalue weighted by Crippen LogP contribution is -2.46. The van der Waals surface area contributed by atoms with Gasteiger partial charge in [-0.25, -0.2) is 4.79 Å². The highest BCUT2D eigenvalue weighted by atomic mass is 16.6. The van der Waals surface area contributed by atoms with Crippen LogP contribution in [0.1, 0.15) is 98.3 Å². The van der Waals surface area contributed by atoms with Crippen LogP contribution < -0.4 is 11.1 Å². The zero-order chi connectivity index (χ0) is 22.7. The maximum Gasteiger partial charge on any atom is 0.415 e. The largest absolute Gasteiger partial charge is 0.428 e. The van der Waals surface area contributed by atoms with Crippen molar-refractivity contribution in [2.45, 2.75) is 104 Å². The fraction of sp³-hybridized carbons (Fsp3) is 0.680. The van der Waals surface area contributed by atoms with Crippen LogP contribution in [0.5, 0.6) is 0 Å². The highest BCUT2D eigenvalue weighted by Crippen LogP contribution is 2.15. The van der Waals surface area contributed by atoms with E-state index in [0.717, 1.165) is 51.4 Å². The fourth-order valence-corrected chi connectivity index (χ4v) is 3.17. The second kappa shape index (κ2) is 17.9. The summed E-state index contributed by atoms with van der Waals surface area (Å²) in [4.78, 5) is 23.6. The van der Waals surface area contributed by atoms with Gasteiger partial charge in [0.1, 0.15) is 0 Å². The van der Waals surface area contributed by atoms with Crippen molar-refractivity contribution in [2.75, 3.05) is 0 Å². The Bertz CT molecular complexity index is 549. The molecule has 2 amide bonds. The summed E-state index contributed by atoms with van der Waals surface area (Å²) in [6.45, 7) is 7.79. The molecule has 0 aromatic rings. The first-order valence-corrected chi connectivity index (χ1v) is 11.5. The average Bonchev–Trinajstić information content (AvgIpc) is 2.63. The van der Waals surface area contributed by atoms with Crippen molar-refractivity contribution < 1.29 is 14.3 Å². The van der Waals surface area contributed by atoms with Crippen molar-refractivity contribution in [3.05, 3.63) is 36.5 Å². The molecule has 0 bridgehead atoms. The number of hydrogen-bond acceptors (Lipinski definition) is 4. The number of allylic oxidation sites excluding steroid dienone is 6. The lowest BCUT2D eigenvalue weighted by Gasteiger charge is -2.26. The average molecular weight is 421 g/mol. The maximum atomic E-state index is 11.8. The van der Waals surface area contributed by atoms with Crippen molar-refractivity contribution >= 4 is 12.0 Å². The van der Waals surface area contributed by atoms with Gasteiger partial charge in [0.2, 0.25) is 5.91 Å². The van der Waals surface area contributed by atoms with E-state index in [9.17, 15) is 9.59 Å². The molecule has 0 saturated heterocycles. The second-order valence-corrected chi connectivity index (χ2v) is 8.45. The Morgan fingerprint density at radius 1 is 0.933 bits per heavy atom. The number of carbonyl (C=O) groups excluding carboxylic acids is 2. The highest BCUT2D eigenvalue weighted by Gasteiger charge is 2.25. The number of imide groups is 1. The summed E-state index contributed by atoms with van der Waals surface area (Å²) >= 11 is 0. The second-order valence-electron chi connectivity index (χ2n) is 8.45. The topological polar surface area (TPSA) is 81.4 Å². The molecule has 0 aromatic heterocycles. The third kappa shape index (κ3) is 19.4. The fourth-order valence-electron chi connectivity index (χ4n) is 3.17. The molecule has 0 spiro atoms. The predicted octanol–water partition coefficient (Wildman–Crippen LogP) is 6.55. The summed E-state index contributed by atoms with van der Waals surface area (Å²) in [5.41, 5.74) is 4.86. The van der Waals surface area contributed by atoms with Gasteiger partial charge in [0.15, 0.2) is 5.72 Å². The zero-order valence-electron chi connectivity index (χ0n) is 19.6. The van der Waals surface area contributed by atoms with Crippen LogP contribution in [-0.4, -0.2) is 17.7 Å². The Kier molecular flexibility index (Phi) is 16.8. The monoisotopic (exact) mass is 420 g/mol. The van der Waals surface area contributed by atoms with Crippen LogP contribution in [0.4, 0.5) is 4.79 Å². The molecule has 5 nitrogen and oxygen atoms in total. The molecule has 1 unspecified atom stereocenters. The SMILES string of the molecule is CC/C=C\C/C=C\C/C=C\CCCCCCCC(=O)NC(=O)OC(C)(N)CC(C)C. The number of amides is 2. The Hall–Kier alpha value is -1.88. The molecule has 0 aliphatic heterocycles.